The number of halogens is 2. The van der Waals surface area contributed by atoms with E-state index >= 15 is 0 Å². The number of fused-ring (bicyclic) bond motifs is 1. The van der Waals surface area contributed by atoms with Crippen LogP contribution in [-0.2, 0) is 21.6 Å². The maximum absolute atomic E-state index is 13.4. The van der Waals surface area contributed by atoms with E-state index in [0.29, 0.717) is 17.0 Å². The number of nitrogens with zero attached hydrogens (tertiary/aromatic N) is 6. The molecule has 1 fully saturated rings. The molecule has 1 N–H and O–H groups in total. The van der Waals surface area contributed by atoms with Crippen LogP contribution in [0, 0.1) is 0 Å². The van der Waals surface area contributed by atoms with Gasteiger partial charge in [-0.15, -0.1) is 0 Å². The second kappa shape index (κ2) is 10.0. The molecule has 15 heteroatoms. The summed E-state index contributed by atoms with van der Waals surface area (Å²) in [4.78, 5) is 17.8. The van der Waals surface area contributed by atoms with Crippen molar-refractivity contribution in [2.75, 3.05) is 18.4 Å². The van der Waals surface area contributed by atoms with E-state index in [0.717, 1.165) is 0 Å². The first-order valence-electron chi connectivity index (χ1n) is 12.2. The van der Waals surface area contributed by atoms with Crippen molar-refractivity contribution in [2.45, 2.75) is 43.1 Å². The highest BCUT2D eigenvalue weighted by molar-refractivity contribution is 7.92. The number of rotatable bonds is 7. The Bertz CT molecular complexity index is 1670. The van der Waals surface area contributed by atoms with E-state index in [9.17, 15) is 22.0 Å². The van der Waals surface area contributed by atoms with Gasteiger partial charge in [0.15, 0.2) is 15.5 Å². The topological polar surface area (TPSA) is 133 Å². The Morgan fingerprint density at radius 2 is 1.95 bits per heavy atom. The molecule has 212 valence electrons. The normalized spacial score (nSPS) is 14.4. The monoisotopic (exact) mass is 575 g/mol. The first-order valence-corrected chi connectivity index (χ1v) is 13.8. The molecule has 4 aromatic rings. The molecular formula is C25H27F2N7O5S. The molecule has 4 heterocycles. The molecule has 1 aromatic carbocycles. The number of benzene rings is 1. The zero-order valence-corrected chi connectivity index (χ0v) is 22.9. The standard InChI is InChI=1S/C25H27F2N7O5S/c1-25(2,3)39-24(35)33-12-16(13-33)40(36,37)15-6-7-20(38-23(26)27)17(10-15)21-19(14-32(4)31-21)30-18-11-29-34-9-5-8-28-22(18)34/h5-11,14,16,23,30H,12-13H2,1-4H3. The third kappa shape index (κ3) is 5.41. The Morgan fingerprint density at radius 3 is 2.65 bits per heavy atom. The van der Waals surface area contributed by atoms with Crippen LogP contribution >= 0.6 is 0 Å². The number of carbonyl (C=O) groups is 1. The quantitative estimate of drug-likeness (QED) is 0.349. The molecule has 3 aromatic heterocycles. The Labute approximate surface area is 228 Å². The molecule has 1 saturated heterocycles. The summed E-state index contributed by atoms with van der Waals surface area (Å²) in [7, 11) is -2.31. The van der Waals surface area contributed by atoms with Crippen LogP contribution in [-0.4, -0.2) is 74.3 Å². The van der Waals surface area contributed by atoms with Gasteiger partial charge in [0, 0.05) is 44.3 Å². The lowest BCUT2D eigenvalue weighted by molar-refractivity contribution is -0.0495. The van der Waals surface area contributed by atoms with Crippen LogP contribution in [0.2, 0.25) is 0 Å². The zero-order chi connectivity index (χ0) is 28.8. The van der Waals surface area contributed by atoms with Gasteiger partial charge in [0.05, 0.1) is 16.8 Å². The summed E-state index contributed by atoms with van der Waals surface area (Å²) in [6, 6.07) is 5.35. The van der Waals surface area contributed by atoms with E-state index in [1.54, 1.807) is 63.2 Å². The van der Waals surface area contributed by atoms with Crippen LogP contribution in [0.5, 0.6) is 5.75 Å². The van der Waals surface area contributed by atoms with E-state index in [1.807, 2.05) is 0 Å². The number of sulfone groups is 1. The van der Waals surface area contributed by atoms with Crippen molar-refractivity contribution < 1.29 is 31.5 Å². The predicted molar refractivity (Wildman–Crippen MR) is 140 cm³/mol. The largest absolute Gasteiger partial charge is 0.444 e. The number of hydrogen-bond donors (Lipinski definition) is 1. The molecule has 0 radical (unpaired) electrons. The second-order valence-corrected chi connectivity index (χ2v) is 12.5. The molecule has 1 aliphatic heterocycles. The van der Waals surface area contributed by atoms with Gasteiger partial charge in [-0.05, 0) is 45.0 Å². The Hall–Kier alpha value is -4.27. The van der Waals surface area contributed by atoms with Crippen LogP contribution < -0.4 is 10.1 Å². The van der Waals surface area contributed by atoms with E-state index in [2.05, 4.69) is 20.5 Å². The number of nitrogens with one attached hydrogen (secondary N) is 1. The van der Waals surface area contributed by atoms with E-state index in [-0.39, 0.29) is 35.0 Å². The minimum atomic E-state index is -3.94. The molecule has 0 atom stereocenters. The van der Waals surface area contributed by atoms with Crippen molar-refractivity contribution in [2.24, 2.45) is 7.05 Å². The lowest BCUT2D eigenvalue weighted by atomic mass is 10.1. The van der Waals surface area contributed by atoms with Crippen molar-refractivity contribution in [3.63, 3.8) is 0 Å². The van der Waals surface area contributed by atoms with E-state index in [1.165, 1.54) is 27.8 Å². The summed E-state index contributed by atoms with van der Waals surface area (Å²) in [5, 5.41) is 10.9. The lowest BCUT2D eigenvalue weighted by Crippen LogP contribution is -2.57. The molecule has 5 rings (SSSR count). The third-order valence-electron chi connectivity index (χ3n) is 6.07. The van der Waals surface area contributed by atoms with Crippen LogP contribution in [0.15, 0.2) is 53.9 Å². The fourth-order valence-corrected chi connectivity index (χ4v) is 5.89. The maximum atomic E-state index is 13.4. The SMILES string of the molecule is Cn1cc(Nc2cnn3cccnc23)c(-c2cc(S(=O)(=O)C3CN(C(=O)OC(C)(C)C)C3)ccc2OC(F)F)n1. The third-order valence-corrected chi connectivity index (χ3v) is 8.15. The summed E-state index contributed by atoms with van der Waals surface area (Å²) in [5.74, 6) is -0.252. The van der Waals surface area contributed by atoms with Gasteiger partial charge in [0.2, 0.25) is 0 Å². The number of likely N-dealkylation sites (tertiary alicyclic amines) is 1. The van der Waals surface area contributed by atoms with Crippen molar-refractivity contribution in [3.05, 3.63) is 49.1 Å². The van der Waals surface area contributed by atoms with Gasteiger partial charge in [0.1, 0.15) is 28.0 Å². The smallest absolute Gasteiger partial charge is 0.410 e. The Balaban J connectivity index is 1.48. The van der Waals surface area contributed by atoms with Crippen LogP contribution in [0.3, 0.4) is 0 Å². The number of carbonyl (C=O) groups excluding carboxylic acids is 1. The summed E-state index contributed by atoms with van der Waals surface area (Å²) in [6.45, 7) is 1.89. The number of ether oxygens (including phenoxy) is 2. The highest BCUT2D eigenvalue weighted by atomic mass is 32.2. The number of aromatic nitrogens is 5. The summed E-state index contributed by atoms with van der Waals surface area (Å²) >= 11 is 0. The molecule has 12 nitrogen and oxygen atoms in total. The zero-order valence-electron chi connectivity index (χ0n) is 22.1. The minimum Gasteiger partial charge on any atom is -0.444 e. The molecular weight excluding hydrogens is 548 g/mol. The van der Waals surface area contributed by atoms with Crippen molar-refractivity contribution >= 4 is 33.0 Å². The van der Waals surface area contributed by atoms with Gasteiger partial charge >= 0.3 is 12.7 Å². The maximum Gasteiger partial charge on any atom is 0.410 e. The average molecular weight is 576 g/mol. The fraction of sp³-hybridized carbons (Fsp3) is 0.360. The first kappa shape index (κ1) is 27.3. The minimum absolute atomic E-state index is 0.0391. The highest BCUT2D eigenvalue weighted by Crippen LogP contribution is 2.39. The number of anilines is 2. The van der Waals surface area contributed by atoms with Crippen LogP contribution in [0.4, 0.5) is 25.0 Å². The summed E-state index contributed by atoms with van der Waals surface area (Å²) < 4.78 is 66.6. The predicted octanol–water partition coefficient (Wildman–Crippen LogP) is 3.87. The van der Waals surface area contributed by atoms with Crippen molar-refractivity contribution in [1.29, 1.82) is 0 Å². The fourth-order valence-electron chi connectivity index (χ4n) is 4.21. The molecule has 0 bridgehead atoms. The molecule has 40 heavy (non-hydrogen) atoms. The van der Waals surface area contributed by atoms with Crippen LogP contribution in [0.25, 0.3) is 16.9 Å². The Morgan fingerprint density at radius 1 is 1.20 bits per heavy atom. The van der Waals surface area contributed by atoms with Gasteiger partial charge in [-0.3, -0.25) is 4.68 Å². The first-order chi connectivity index (χ1) is 18.8. The second-order valence-electron chi connectivity index (χ2n) is 10.2. The number of aryl methyl sites for hydroxylation is 1. The average Bonchev–Trinajstić information content (AvgIpc) is 3.39. The number of amides is 1. The van der Waals surface area contributed by atoms with Gasteiger partial charge < -0.3 is 19.7 Å². The van der Waals surface area contributed by atoms with Gasteiger partial charge in [-0.1, -0.05) is 0 Å². The molecule has 0 aliphatic carbocycles. The van der Waals surface area contributed by atoms with Crippen LogP contribution in [0.1, 0.15) is 20.8 Å². The van der Waals surface area contributed by atoms with Gasteiger partial charge in [0.25, 0.3) is 0 Å². The van der Waals surface area contributed by atoms with E-state index < -0.39 is 33.4 Å². The number of alkyl halides is 2. The summed E-state index contributed by atoms with van der Waals surface area (Å²) in [5.41, 5.74) is 0.914. The summed E-state index contributed by atoms with van der Waals surface area (Å²) in [6.07, 6.45) is 5.86. The highest BCUT2D eigenvalue weighted by Gasteiger charge is 2.42. The van der Waals surface area contributed by atoms with E-state index in [4.69, 9.17) is 9.47 Å². The van der Waals surface area contributed by atoms with Crippen molar-refractivity contribution in [1.82, 2.24) is 29.3 Å². The lowest BCUT2D eigenvalue weighted by Gasteiger charge is -2.39. The molecule has 1 aliphatic rings. The molecule has 0 spiro atoms. The van der Waals surface area contributed by atoms with Gasteiger partial charge in [-0.2, -0.15) is 19.0 Å². The molecule has 1 amide bonds. The molecule has 0 saturated carbocycles. The van der Waals surface area contributed by atoms with Crippen molar-refractivity contribution in [3.8, 4) is 17.0 Å². The van der Waals surface area contributed by atoms with Gasteiger partial charge in [-0.25, -0.2) is 22.7 Å². The Kier molecular flexibility index (Phi) is 6.85. The molecule has 0 unspecified atom stereocenters. The number of hydrogen-bond acceptors (Lipinski definition) is 9.